The summed E-state index contributed by atoms with van der Waals surface area (Å²) in [6.07, 6.45) is 5.07. The molecule has 2 saturated heterocycles. The molecule has 2 N–H and O–H groups in total. The third kappa shape index (κ3) is 6.77. The van der Waals surface area contributed by atoms with E-state index in [2.05, 4.69) is 16.7 Å². The lowest BCUT2D eigenvalue weighted by Gasteiger charge is -2.38. The maximum Gasteiger partial charge on any atom is 0.226 e. The molecule has 1 amide bonds. The van der Waals surface area contributed by atoms with Gasteiger partial charge in [0.25, 0.3) is 0 Å². The van der Waals surface area contributed by atoms with Crippen LogP contribution in [0.25, 0.3) is 0 Å². The van der Waals surface area contributed by atoms with E-state index in [0.29, 0.717) is 5.92 Å². The van der Waals surface area contributed by atoms with Crippen molar-refractivity contribution in [3.8, 4) is 0 Å². The molecule has 0 aliphatic carbocycles. The molecule has 0 aromatic carbocycles. The van der Waals surface area contributed by atoms with Gasteiger partial charge in [-0.05, 0) is 57.5 Å². The van der Waals surface area contributed by atoms with Crippen molar-refractivity contribution in [2.75, 3.05) is 32.7 Å². The van der Waals surface area contributed by atoms with Crippen LogP contribution in [0.15, 0.2) is 0 Å². The highest BCUT2D eigenvalue weighted by Crippen LogP contribution is 2.23. The molecular formula is C17H35Cl2N3O. The number of hydrogen-bond acceptors (Lipinski definition) is 3. The van der Waals surface area contributed by atoms with Gasteiger partial charge in [0, 0.05) is 25.7 Å². The summed E-state index contributed by atoms with van der Waals surface area (Å²) in [5, 5.41) is 0. The van der Waals surface area contributed by atoms with Crippen molar-refractivity contribution in [1.29, 1.82) is 0 Å². The van der Waals surface area contributed by atoms with Crippen molar-refractivity contribution < 1.29 is 4.79 Å². The van der Waals surface area contributed by atoms with Crippen molar-refractivity contribution in [3.05, 3.63) is 0 Å². The zero-order chi connectivity index (χ0) is 15.4. The van der Waals surface area contributed by atoms with E-state index >= 15 is 0 Å². The molecule has 2 fully saturated rings. The van der Waals surface area contributed by atoms with Crippen LogP contribution >= 0.6 is 24.8 Å². The number of hydrogen-bond donors (Lipinski definition) is 1. The Balaban J connectivity index is 0.00000242. The molecule has 4 nitrogen and oxygen atoms in total. The molecule has 0 aromatic rings. The van der Waals surface area contributed by atoms with Gasteiger partial charge in [-0.15, -0.1) is 24.8 Å². The van der Waals surface area contributed by atoms with Gasteiger partial charge in [-0.1, -0.05) is 13.8 Å². The lowest BCUT2D eigenvalue weighted by molar-refractivity contribution is -0.137. The van der Waals surface area contributed by atoms with Crippen molar-refractivity contribution in [2.45, 2.75) is 52.5 Å². The second-order valence-corrected chi connectivity index (χ2v) is 7.42. The molecular weight excluding hydrogens is 333 g/mol. The zero-order valence-corrected chi connectivity index (χ0v) is 16.5. The SMILES string of the molecule is CC1CCN(CC2CCCN(C(=O)C(C)C(C)N)C2)CC1.Cl.Cl. The van der Waals surface area contributed by atoms with Crippen LogP contribution in [0, 0.1) is 17.8 Å². The van der Waals surface area contributed by atoms with E-state index < -0.39 is 0 Å². The van der Waals surface area contributed by atoms with Crippen LogP contribution in [-0.4, -0.2) is 54.5 Å². The standard InChI is InChI=1S/C17H33N3O.2ClH/c1-13-6-9-19(10-7-13)11-16-5-4-8-20(12-16)17(21)14(2)15(3)18;;/h13-16H,4-12,18H2,1-3H3;2*1H. The smallest absolute Gasteiger partial charge is 0.226 e. The Hall–Kier alpha value is -0.0300. The Kier molecular flexibility index (Phi) is 10.7. The summed E-state index contributed by atoms with van der Waals surface area (Å²) in [4.78, 5) is 17.1. The summed E-state index contributed by atoms with van der Waals surface area (Å²) in [7, 11) is 0. The molecule has 2 heterocycles. The van der Waals surface area contributed by atoms with E-state index in [9.17, 15) is 4.79 Å². The Morgan fingerprint density at radius 2 is 1.74 bits per heavy atom. The Labute approximate surface area is 154 Å². The molecule has 0 spiro atoms. The second-order valence-electron chi connectivity index (χ2n) is 7.42. The van der Waals surface area contributed by atoms with Crippen LogP contribution in [0.5, 0.6) is 0 Å². The maximum atomic E-state index is 12.5. The van der Waals surface area contributed by atoms with Crippen molar-refractivity contribution in [1.82, 2.24) is 9.80 Å². The molecule has 0 aromatic heterocycles. The Morgan fingerprint density at radius 3 is 2.30 bits per heavy atom. The maximum absolute atomic E-state index is 12.5. The third-order valence-electron chi connectivity index (χ3n) is 5.40. The molecule has 6 heteroatoms. The number of piperidine rings is 2. The van der Waals surface area contributed by atoms with Gasteiger partial charge < -0.3 is 15.5 Å². The Morgan fingerprint density at radius 1 is 1.13 bits per heavy atom. The van der Waals surface area contributed by atoms with Gasteiger partial charge in [0.2, 0.25) is 5.91 Å². The monoisotopic (exact) mass is 367 g/mol. The number of nitrogens with zero attached hydrogens (tertiary/aromatic N) is 2. The van der Waals surface area contributed by atoms with E-state index in [4.69, 9.17) is 5.73 Å². The second kappa shape index (κ2) is 10.8. The van der Waals surface area contributed by atoms with E-state index in [0.717, 1.165) is 25.4 Å². The average Bonchev–Trinajstić information content (AvgIpc) is 2.48. The summed E-state index contributed by atoms with van der Waals surface area (Å²) < 4.78 is 0. The fraction of sp³-hybridized carbons (Fsp3) is 0.941. The first kappa shape index (κ1) is 23.0. The predicted octanol–water partition coefficient (Wildman–Crippen LogP) is 2.78. The highest BCUT2D eigenvalue weighted by atomic mass is 35.5. The molecule has 3 atom stereocenters. The van der Waals surface area contributed by atoms with Gasteiger partial charge in [-0.2, -0.15) is 0 Å². The van der Waals surface area contributed by atoms with Crippen molar-refractivity contribution in [2.24, 2.45) is 23.5 Å². The summed E-state index contributed by atoms with van der Waals surface area (Å²) in [6, 6.07) is -0.0542. The van der Waals surface area contributed by atoms with Crippen LogP contribution in [-0.2, 0) is 4.79 Å². The minimum Gasteiger partial charge on any atom is -0.342 e. The lowest BCUT2D eigenvalue weighted by Crippen LogP contribution is -2.48. The van der Waals surface area contributed by atoms with Gasteiger partial charge in [-0.3, -0.25) is 4.79 Å². The van der Waals surface area contributed by atoms with Gasteiger partial charge >= 0.3 is 0 Å². The Bertz CT molecular complexity index is 347. The van der Waals surface area contributed by atoms with Crippen molar-refractivity contribution >= 4 is 30.7 Å². The molecule has 0 saturated carbocycles. The molecule has 2 rings (SSSR count). The minimum absolute atomic E-state index is 0. The van der Waals surface area contributed by atoms with Gasteiger partial charge in [-0.25, -0.2) is 0 Å². The quantitative estimate of drug-likeness (QED) is 0.830. The summed E-state index contributed by atoms with van der Waals surface area (Å²) >= 11 is 0. The molecule has 0 bridgehead atoms. The fourth-order valence-electron chi connectivity index (χ4n) is 3.54. The fourth-order valence-corrected chi connectivity index (χ4v) is 3.54. The molecule has 138 valence electrons. The van der Waals surface area contributed by atoms with Gasteiger partial charge in [0.05, 0.1) is 5.92 Å². The summed E-state index contributed by atoms with van der Waals surface area (Å²) in [6.45, 7) is 11.7. The average molecular weight is 368 g/mol. The molecule has 2 aliphatic rings. The first-order valence-electron chi connectivity index (χ1n) is 8.74. The normalized spacial score (nSPS) is 25.9. The molecule has 3 unspecified atom stereocenters. The zero-order valence-electron chi connectivity index (χ0n) is 14.9. The van der Waals surface area contributed by atoms with E-state index in [-0.39, 0.29) is 42.7 Å². The first-order chi connectivity index (χ1) is 9.97. The highest BCUT2D eigenvalue weighted by molar-refractivity contribution is 5.85. The van der Waals surface area contributed by atoms with Crippen molar-refractivity contribution in [3.63, 3.8) is 0 Å². The summed E-state index contributed by atoms with van der Waals surface area (Å²) in [5.74, 6) is 1.73. The molecule has 0 radical (unpaired) electrons. The van der Waals surface area contributed by atoms with Crippen LogP contribution < -0.4 is 5.73 Å². The number of carbonyl (C=O) groups excluding carboxylic acids is 1. The number of likely N-dealkylation sites (tertiary alicyclic amines) is 2. The van der Waals surface area contributed by atoms with Crippen LogP contribution in [0.1, 0.15) is 46.5 Å². The van der Waals surface area contributed by atoms with E-state index in [1.54, 1.807) is 0 Å². The summed E-state index contributed by atoms with van der Waals surface area (Å²) in [5.41, 5.74) is 5.88. The number of carbonyl (C=O) groups is 1. The first-order valence-corrected chi connectivity index (χ1v) is 8.74. The predicted molar refractivity (Wildman–Crippen MR) is 101 cm³/mol. The number of rotatable bonds is 4. The lowest BCUT2D eigenvalue weighted by atomic mass is 9.93. The topological polar surface area (TPSA) is 49.6 Å². The van der Waals surface area contributed by atoms with Crippen LogP contribution in [0.4, 0.5) is 0 Å². The third-order valence-corrected chi connectivity index (χ3v) is 5.40. The number of amides is 1. The molecule has 23 heavy (non-hydrogen) atoms. The van der Waals surface area contributed by atoms with Crippen LogP contribution in [0.2, 0.25) is 0 Å². The van der Waals surface area contributed by atoms with E-state index in [1.807, 2.05) is 13.8 Å². The highest BCUT2D eigenvalue weighted by Gasteiger charge is 2.29. The van der Waals surface area contributed by atoms with Crippen LogP contribution in [0.3, 0.4) is 0 Å². The van der Waals surface area contributed by atoms with Gasteiger partial charge in [0.15, 0.2) is 0 Å². The number of nitrogens with two attached hydrogens (primary N) is 1. The van der Waals surface area contributed by atoms with E-state index in [1.165, 1.54) is 38.9 Å². The largest absolute Gasteiger partial charge is 0.342 e. The number of halogens is 2. The molecule has 2 aliphatic heterocycles. The minimum atomic E-state index is -0.0559. The van der Waals surface area contributed by atoms with Gasteiger partial charge in [0.1, 0.15) is 0 Å².